The summed E-state index contributed by atoms with van der Waals surface area (Å²) in [6.45, 7) is 1.88. The van der Waals surface area contributed by atoms with Crippen LogP contribution >= 0.6 is 0 Å². The Balaban J connectivity index is 1.49. The number of hydrogen-bond donors (Lipinski definition) is 0. The molecule has 5 heteroatoms. The largest absolute Gasteiger partial charge is 0.445 e. The number of amides is 2. The van der Waals surface area contributed by atoms with Gasteiger partial charge in [0.05, 0.1) is 0 Å². The lowest BCUT2D eigenvalue weighted by molar-refractivity contribution is -0.136. The maximum Gasteiger partial charge on any atom is 0.410 e. The Hall–Kier alpha value is -2.82. The summed E-state index contributed by atoms with van der Waals surface area (Å²) in [6, 6.07) is 19.4. The highest BCUT2D eigenvalue weighted by molar-refractivity contribution is 5.83. The van der Waals surface area contributed by atoms with Crippen molar-refractivity contribution in [2.45, 2.75) is 13.2 Å². The molecule has 0 aliphatic carbocycles. The molecule has 1 aliphatic heterocycles. The minimum Gasteiger partial charge on any atom is -0.445 e. The van der Waals surface area contributed by atoms with E-state index in [1.807, 2.05) is 60.7 Å². The van der Waals surface area contributed by atoms with Crippen molar-refractivity contribution in [3.8, 4) is 0 Å². The van der Waals surface area contributed by atoms with Crippen molar-refractivity contribution < 1.29 is 14.3 Å². The molecule has 5 nitrogen and oxygen atoms in total. The average Bonchev–Trinajstić information content (AvgIpc) is 2.63. The highest BCUT2D eigenvalue weighted by atomic mass is 16.6. The van der Waals surface area contributed by atoms with Crippen LogP contribution in [0.2, 0.25) is 0 Å². The third-order valence-electron chi connectivity index (χ3n) is 4.00. The molecule has 3 rings (SSSR count). The van der Waals surface area contributed by atoms with Crippen LogP contribution in [0.3, 0.4) is 0 Å². The van der Waals surface area contributed by atoms with E-state index in [1.165, 1.54) is 4.90 Å². The summed E-state index contributed by atoms with van der Waals surface area (Å²) in [6.07, 6.45) is -0.438. The predicted octanol–water partition coefficient (Wildman–Crippen LogP) is 2.67. The van der Waals surface area contributed by atoms with E-state index in [-0.39, 0.29) is 19.1 Å². The molecule has 1 fully saturated rings. The molecule has 0 unspecified atom stereocenters. The lowest BCUT2D eigenvalue weighted by Crippen LogP contribution is -2.51. The molecule has 0 saturated carbocycles. The molecule has 0 aromatic heterocycles. The molecule has 124 valence electrons. The SMILES string of the molecule is O=C1CN(C(=O)OCc2ccccc2)CCN1Cc1ccccc1. The van der Waals surface area contributed by atoms with E-state index < -0.39 is 6.09 Å². The van der Waals surface area contributed by atoms with Crippen molar-refractivity contribution in [3.63, 3.8) is 0 Å². The maximum absolute atomic E-state index is 12.3. The zero-order chi connectivity index (χ0) is 16.8. The van der Waals surface area contributed by atoms with E-state index in [2.05, 4.69) is 0 Å². The standard InChI is InChI=1S/C19H20N2O3/c22-18-14-21(19(23)24-15-17-9-5-2-6-10-17)12-11-20(18)13-16-7-3-1-4-8-16/h1-10H,11-15H2. The van der Waals surface area contributed by atoms with Crippen molar-refractivity contribution in [1.82, 2.24) is 9.80 Å². The first kappa shape index (κ1) is 16.1. The predicted molar refractivity (Wildman–Crippen MR) is 90.1 cm³/mol. The van der Waals surface area contributed by atoms with Crippen LogP contribution in [0.25, 0.3) is 0 Å². The molecule has 2 aromatic rings. The summed E-state index contributed by atoms with van der Waals surface area (Å²) >= 11 is 0. The lowest BCUT2D eigenvalue weighted by Gasteiger charge is -2.33. The number of piperazine rings is 1. The summed E-state index contributed by atoms with van der Waals surface area (Å²) in [5, 5.41) is 0. The first-order valence-corrected chi connectivity index (χ1v) is 8.00. The molecule has 0 radical (unpaired) electrons. The maximum atomic E-state index is 12.3. The minimum absolute atomic E-state index is 0.0539. The van der Waals surface area contributed by atoms with Gasteiger partial charge in [-0.2, -0.15) is 0 Å². The molecular formula is C19H20N2O3. The van der Waals surface area contributed by atoms with Crippen LogP contribution in [0.5, 0.6) is 0 Å². The van der Waals surface area contributed by atoms with Gasteiger partial charge in [0.15, 0.2) is 0 Å². The second kappa shape index (κ2) is 7.64. The zero-order valence-corrected chi connectivity index (χ0v) is 13.4. The van der Waals surface area contributed by atoms with Crippen LogP contribution in [-0.2, 0) is 22.7 Å². The second-order valence-electron chi connectivity index (χ2n) is 5.76. The van der Waals surface area contributed by atoms with Gasteiger partial charge in [-0.1, -0.05) is 60.7 Å². The molecular weight excluding hydrogens is 304 g/mol. The molecule has 0 bridgehead atoms. The molecule has 1 saturated heterocycles. The Morgan fingerprint density at radius 1 is 0.917 bits per heavy atom. The molecule has 0 N–H and O–H groups in total. The van der Waals surface area contributed by atoms with Crippen LogP contribution < -0.4 is 0 Å². The molecule has 2 amide bonds. The summed E-state index contributed by atoms with van der Waals surface area (Å²) < 4.78 is 5.29. The van der Waals surface area contributed by atoms with E-state index in [9.17, 15) is 9.59 Å². The Morgan fingerprint density at radius 2 is 1.54 bits per heavy atom. The Kier molecular flexibility index (Phi) is 5.11. The van der Waals surface area contributed by atoms with Crippen LogP contribution in [-0.4, -0.2) is 41.4 Å². The van der Waals surface area contributed by atoms with Gasteiger partial charge < -0.3 is 9.64 Å². The van der Waals surface area contributed by atoms with Crippen molar-refractivity contribution in [2.24, 2.45) is 0 Å². The number of nitrogens with zero attached hydrogens (tertiary/aromatic N) is 2. The Morgan fingerprint density at radius 3 is 2.17 bits per heavy atom. The topological polar surface area (TPSA) is 49.9 Å². The number of hydrogen-bond acceptors (Lipinski definition) is 3. The van der Waals surface area contributed by atoms with Crippen LogP contribution in [0, 0.1) is 0 Å². The summed E-state index contributed by atoms with van der Waals surface area (Å²) in [4.78, 5) is 27.6. The van der Waals surface area contributed by atoms with Crippen LogP contribution in [0.1, 0.15) is 11.1 Å². The smallest absolute Gasteiger partial charge is 0.410 e. The van der Waals surface area contributed by atoms with E-state index in [1.54, 1.807) is 4.90 Å². The van der Waals surface area contributed by atoms with Gasteiger partial charge in [-0.3, -0.25) is 9.69 Å². The molecule has 0 atom stereocenters. The quantitative estimate of drug-likeness (QED) is 0.869. The van der Waals surface area contributed by atoms with Crippen molar-refractivity contribution in [1.29, 1.82) is 0 Å². The Bertz CT molecular complexity index is 686. The molecule has 1 heterocycles. The third-order valence-corrected chi connectivity index (χ3v) is 4.00. The van der Waals surface area contributed by atoms with Gasteiger partial charge in [-0.25, -0.2) is 4.79 Å². The average molecular weight is 324 g/mol. The fourth-order valence-corrected chi connectivity index (χ4v) is 2.65. The van der Waals surface area contributed by atoms with Gasteiger partial charge in [0, 0.05) is 19.6 Å². The van der Waals surface area contributed by atoms with Crippen molar-refractivity contribution in [2.75, 3.05) is 19.6 Å². The van der Waals surface area contributed by atoms with Crippen LogP contribution in [0.15, 0.2) is 60.7 Å². The van der Waals surface area contributed by atoms with E-state index in [0.717, 1.165) is 11.1 Å². The van der Waals surface area contributed by atoms with Gasteiger partial charge in [-0.15, -0.1) is 0 Å². The highest BCUT2D eigenvalue weighted by Crippen LogP contribution is 2.11. The number of benzene rings is 2. The van der Waals surface area contributed by atoms with E-state index >= 15 is 0 Å². The summed E-state index contributed by atoms with van der Waals surface area (Å²) in [5.41, 5.74) is 2.02. The normalized spacial score (nSPS) is 14.6. The van der Waals surface area contributed by atoms with E-state index in [4.69, 9.17) is 4.74 Å². The number of rotatable bonds is 4. The lowest BCUT2D eigenvalue weighted by atomic mass is 10.2. The third kappa shape index (κ3) is 4.13. The van der Waals surface area contributed by atoms with Gasteiger partial charge in [0.2, 0.25) is 5.91 Å². The van der Waals surface area contributed by atoms with Crippen molar-refractivity contribution >= 4 is 12.0 Å². The monoisotopic (exact) mass is 324 g/mol. The number of ether oxygens (including phenoxy) is 1. The molecule has 1 aliphatic rings. The van der Waals surface area contributed by atoms with Gasteiger partial charge >= 0.3 is 6.09 Å². The summed E-state index contributed by atoms with van der Waals surface area (Å²) in [5.74, 6) is -0.0539. The molecule has 2 aromatic carbocycles. The van der Waals surface area contributed by atoms with Crippen LogP contribution in [0.4, 0.5) is 4.79 Å². The molecule has 0 spiro atoms. The first-order chi connectivity index (χ1) is 11.7. The Labute approximate surface area is 141 Å². The van der Waals surface area contributed by atoms with Gasteiger partial charge in [-0.05, 0) is 11.1 Å². The van der Waals surface area contributed by atoms with Crippen molar-refractivity contribution in [3.05, 3.63) is 71.8 Å². The zero-order valence-electron chi connectivity index (χ0n) is 13.4. The molecule has 24 heavy (non-hydrogen) atoms. The number of carbonyl (C=O) groups excluding carboxylic acids is 2. The first-order valence-electron chi connectivity index (χ1n) is 8.00. The second-order valence-corrected chi connectivity index (χ2v) is 5.76. The summed E-state index contributed by atoms with van der Waals surface area (Å²) in [7, 11) is 0. The fourth-order valence-electron chi connectivity index (χ4n) is 2.65. The van der Waals surface area contributed by atoms with Gasteiger partial charge in [0.25, 0.3) is 0 Å². The fraction of sp³-hybridized carbons (Fsp3) is 0.263. The van der Waals surface area contributed by atoms with E-state index in [0.29, 0.717) is 19.6 Å². The minimum atomic E-state index is -0.438. The van der Waals surface area contributed by atoms with Gasteiger partial charge in [0.1, 0.15) is 13.2 Å². The highest BCUT2D eigenvalue weighted by Gasteiger charge is 2.27. The number of carbonyl (C=O) groups is 2.